The molecule has 0 aliphatic rings. The second-order valence-electron chi connectivity index (χ2n) is 5.07. The number of hydrogen-bond acceptors (Lipinski definition) is 4. The van der Waals surface area contributed by atoms with Gasteiger partial charge in [-0.25, -0.2) is 0 Å². The van der Waals surface area contributed by atoms with Gasteiger partial charge in [-0.3, -0.25) is 0 Å². The van der Waals surface area contributed by atoms with Gasteiger partial charge < -0.3 is 15.0 Å². The third-order valence-electron chi connectivity index (χ3n) is 3.53. The van der Waals surface area contributed by atoms with Crippen LogP contribution in [0.1, 0.15) is 32.4 Å². The van der Waals surface area contributed by atoms with Gasteiger partial charge >= 0.3 is 0 Å². The average Bonchev–Trinajstić information content (AvgIpc) is 2.79. The topological polar surface area (TPSA) is 61.3 Å². The van der Waals surface area contributed by atoms with Crippen LogP contribution in [0.25, 0.3) is 11.1 Å². The van der Waals surface area contributed by atoms with Gasteiger partial charge in [0.2, 0.25) is 5.88 Å². The monoisotopic (exact) mass is 260 g/mol. The number of methoxy groups -OCH3 is 1. The van der Waals surface area contributed by atoms with Crippen LogP contribution in [0, 0.1) is 5.92 Å². The molecule has 1 aromatic carbocycles. The van der Waals surface area contributed by atoms with Crippen molar-refractivity contribution in [3.05, 3.63) is 30.0 Å². The Morgan fingerprint density at radius 1 is 1.26 bits per heavy atom. The summed E-state index contributed by atoms with van der Waals surface area (Å²) >= 11 is 0. The number of nitrogens with two attached hydrogens (primary N) is 1. The highest BCUT2D eigenvalue weighted by molar-refractivity contribution is 5.76. The van der Waals surface area contributed by atoms with Crippen molar-refractivity contribution in [2.24, 2.45) is 5.92 Å². The molecule has 0 saturated heterocycles. The summed E-state index contributed by atoms with van der Waals surface area (Å²) in [4.78, 5) is 0. The molecule has 19 heavy (non-hydrogen) atoms. The first-order valence-corrected chi connectivity index (χ1v) is 6.44. The molecule has 0 aliphatic heterocycles. The fourth-order valence-corrected chi connectivity index (χ4v) is 2.01. The molecule has 1 unspecified atom stereocenters. The van der Waals surface area contributed by atoms with Gasteiger partial charge in [0, 0.05) is 5.92 Å². The molecule has 2 aromatic rings. The first-order chi connectivity index (χ1) is 9.04. The van der Waals surface area contributed by atoms with Crippen LogP contribution in [0.3, 0.4) is 0 Å². The van der Waals surface area contributed by atoms with E-state index in [1.54, 1.807) is 7.11 Å². The van der Waals surface area contributed by atoms with Gasteiger partial charge in [-0.2, -0.15) is 0 Å². The molecule has 1 aromatic heterocycles. The highest BCUT2D eigenvalue weighted by atomic mass is 16.5. The Balaban J connectivity index is 2.52. The molecule has 1 heterocycles. The van der Waals surface area contributed by atoms with Crippen molar-refractivity contribution in [3.63, 3.8) is 0 Å². The minimum absolute atomic E-state index is 0.280. The molecule has 2 N–H and O–H groups in total. The first-order valence-electron chi connectivity index (χ1n) is 6.44. The van der Waals surface area contributed by atoms with Crippen molar-refractivity contribution >= 4 is 5.88 Å². The largest absolute Gasteiger partial charge is 0.497 e. The number of aromatic nitrogens is 1. The van der Waals surface area contributed by atoms with E-state index >= 15 is 0 Å². The maximum atomic E-state index is 5.93. The number of ether oxygens (including phenoxy) is 1. The van der Waals surface area contributed by atoms with Crippen molar-refractivity contribution < 1.29 is 9.26 Å². The van der Waals surface area contributed by atoms with E-state index in [-0.39, 0.29) is 5.92 Å². The summed E-state index contributed by atoms with van der Waals surface area (Å²) in [7, 11) is 1.65. The van der Waals surface area contributed by atoms with Crippen LogP contribution in [-0.2, 0) is 0 Å². The van der Waals surface area contributed by atoms with Gasteiger partial charge in [-0.15, -0.1) is 0 Å². The van der Waals surface area contributed by atoms with Crippen molar-refractivity contribution in [1.82, 2.24) is 5.16 Å². The fraction of sp³-hybridized carbons (Fsp3) is 0.400. The Kier molecular flexibility index (Phi) is 3.79. The zero-order valence-corrected chi connectivity index (χ0v) is 11.8. The Morgan fingerprint density at radius 3 is 2.63 bits per heavy atom. The van der Waals surface area contributed by atoms with E-state index in [0.29, 0.717) is 11.8 Å². The van der Waals surface area contributed by atoms with Crippen LogP contribution in [0.5, 0.6) is 5.75 Å². The lowest BCUT2D eigenvalue weighted by atomic mass is 9.90. The highest BCUT2D eigenvalue weighted by Gasteiger charge is 2.22. The summed E-state index contributed by atoms with van der Waals surface area (Å²) in [6.07, 6.45) is 0. The Morgan fingerprint density at radius 2 is 2.00 bits per heavy atom. The molecule has 0 bridgehead atoms. The highest BCUT2D eigenvalue weighted by Crippen LogP contribution is 2.37. The van der Waals surface area contributed by atoms with Gasteiger partial charge in [-0.1, -0.05) is 38.1 Å². The zero-order chi connectivity index (χ0) is 14.0. The molecular weight excluding hydrogens is 240 g/mol. The Hall–Kier alpha value is -1.97. The van der Waals surface area contributed by atoms with Crippen molar-refractivity contribution in [1.29, 1.82) is 0 Å². The van der Waals surface area contributed by atoms with E-state index < -0.39 is 0 Å². The predicted molar refractivity (Wildman–Crippen MR) is 76.2 cm³/mol. The second-order valence-corrected chi connectivity index (χ2v) is 5.07. The maximum absolute atomic E-state index is 5.93. The average molecular weight is 260 g/mol. The van der Waals surface area contributed by atoms with Crippen LogP contribution >= 0.6 is 0 Å². The number of anilines is 1. The zero-order valence-electron chi connectivity index (χ0n) is 11.8. The summed E-state index contributed by atoms with van der Waals surface area (Å²) in [5, 5.41) is 4.13. The van der Waals surface area contributed by atoms with Crippen molar-refractivity contribution in [2.75, 3.05) is 12.8 Å². The number of nitrogen functional groups attached to an aromatic ring is 1. The summed E-state index contributed by atoms with van der Waals surface area (Å²) in [6.45, 7) is 6.45. The van der Waals surface area contributed by atoms with E-state index in [1.165, 1.54) is 0 Å². The van der Waals surface area contributed by atoms with E-state index in [0.717, 1.165) is 22.6 Å². The van der Waals surface area contributed by atoms with Crippen LogP contribution in [0.15, 0.2) is 28.8 Å². The van der Waals surface area contributed by atoms with Crippen LogP contribution in [-0.4, -0.2) is 12.3 Å². The third kappa shape index (κ3) is 2.57. The lowest BCUT2D eigenvalue weighted by molar-refractivity contribution is 0.407. The van der Waals surface area contributed by atoms with E-state index in [9.17, 15) is 0 Å². The molecule has 4 nitrogen and oxygen atoms in total. The predicted octanol–water partition coefficient (Wildman–Crippen LogP) is 3.69. The molecule has 0 saturated carbocycles. The summed E-state index contributed by atoms with van der Waals surface area (Å²) in [6, 6.07) is 7.77. The Bertz CT molecular complexity index is 561. The lowest BCUT2D eigenvalue weighted by Crippen LogP contribution is -2.04. The van der Waals surface area contributed by atoms with Gasteiger partial charge in [0.05, 0.1) is 18.4 Å². The van der Waals surface area contributed by atoms with Gasteiger partial charge in [0.15, 0.2) is 0 Å². The summed E-state index contributed by atoms with van der Waals surface area (Å²) in [5.41, 5.74) is 8.68. The lowest BCUT2D eigenvalue weighted by Gasteiger charge is -2.14. The van der Waals surface area contributed by atoms with Crippen LogP contribution in [0.4, 0.5) is 5.88 Å². The molecule has 102 valence electrons. The molecule has 0 amide bonds. The fourth-order valence-electron chi connectivity index (χ4n) is 2.01. The van der Waals surface area contributed by atoms with Crippen molar-refractivity contribution in [3.8, 4) is 16.9 Å². The maximum Gasteiger partial charge on any atom is 0.230 e. The van der Waals surface area contributed by atoms with E-state index in [4.69, 9.17) is 15.0 Å². The third-order valence-corrected chi connectivity index (χ3v) is 3.53. The van der Waals surface area contributed by atoms with Crippen LogP contribution < -0.4 is 10.5 Å². The standard InChI is InChI=1S/C15H20N2O2/c1-9(2)10(3)14-13(15(16)19-17-14)11-6-5-7-12(8-11)18-4/h5-10H,16H2,1-4H3. The quantitative estimate of drug-likeness (QED) is 0.910. The smallest absolute Gasteiger partial charge is 0.230 e. The normalized spacial score (nSPS) is 12.7. The summed E-state index contributed by atoms with van der Waals surface area (Å²) in [5.74, 6) is 1.90. The minimum atomic E-state index is 0.280. The number of rotatable bonds is 4. The molecule has 0 spiro atoms. The molecule has 0 fully saturated rings. The number of nitrogens with zero attached hydrogens (tertiary/aromatic N) is 1. The van der Waals surface area contributed by atoms with E-state index in [2.05, 4.69) is 25.9 Å². The van der Waals surface area contributed by atoms with Gasteiger partial charge in [0.1, 0.15) is 5.75 Å². The number of hydrogen-bond donors (Lipinski definition) is 1. The Labute approximate surface area is 113 Å². The van der Waals surface area contributed by atoms with Crippen molar-refractivity contribution in [2.45, 2.75) is 26.7 Å². The minimum Gasteiger partial charge on any atom is -0.497 e. The molecule has 0 aliphatic carbocycles. The summed E-state index contributed by atoms with van der Waals surface area (Å²) < 4.78 is 10.4. The number of benzene rings is 1. The SMILES string of the molecule is COc1cccc(-c2c(C(C)C(C)C)noc2N)c1. The molecule has 0 radical (unpaired) electrons. The van der Waals surface area contributed by atoms with E-state index in [1.807, 2.05) is 24.3 Å². The van der Waals surface area contributed by atoms with Gasteiger partial charge in [-0.05, 0) is 23.6 Å². The molecular formula is C15H20N2O2. The van der Waals surface area contributed by atoms with Crippen LogP contribution in [0.2, 0.25) is 0 Å². The molecule has 1 atom stereocenters. The molecule has 2 rings (SSSR count). The molecule has 4 heteroatoms. The second kappa shape index (κ2) is 5.34. The first kappa shape index (κ1) is 13.5. The van der Waals surface area contributed by atoms with Gasteiger partial charge in [0.25, 0.3) is 0 Å².